The van der Waals surface area contributed by atoms with E-state index in [0.29, 0.717) is 31.2 Å². The van der Waals surface area contributed by atoms with Crippen LogP contribution in [0, 0.1) is 11.8 Å². The second kappa shape index (κ2) is 13.8. The lowest BCUT2D eigenvalue weighted by Gasteiger charge is -2.30. The molecule has 1 fully saturated rings. The number of rotatable bonds is 12. The Labute approximate surface area is 235 Å². The summed E-state index contributed by atoms with van der Waals surface area (Å²) in [6.07, 6.45) is -0.0488. The van der Waals surface area contributed by atoms with E-state index in [2.05, 4.69) is 17.0 Å². The zero-order chi connectivity index (χ0) is 28.6. The van der Waals surface area contributed by atoms with E-state index in [9.17, 15) is 21.6 Å². The lowest BCUT2D eigenvalue weighted by Crippen LogP contribution is -2.40. The van der Waals surface area contributed by atoms with Crippen LogP contribution in [-0.4, -0.2) is 28.2 Å². The Morgan fingerprint density at radius 3 is 1.98 bits per heavy atom. The number of alkyl halides is 3. The van der Waals surface area contributed by atoms with Gasteiger partial charge in [0.05, 0.1) is 29.1 Å². The van der Waals surface area contributed by atoms with Crippen molar-refractivity contribution < 1.29 is 26.3 Å². The fourth-order valence-electron chi connectivity index (χ4n) is 5.28. The van der Waals surface area contributed by atoms with Crippen molar-refractivity contribution in [2.24, 2.45) is 11.8 Å². The van der Waals surface area contributed by atoms with Gasteiger partial charge in [0.1, 0.15) is 0 Å². The SMILES string of the molecule is CC1CCC(COCCN[C@H](c2ccccc2)[C@H](NS(=O)(=O)c2ccccc2C(F)(F)F)c2ccccc2)CC1. The summed E-state index contributed by atoms with van der Waals surface area (Å²) in [7, 11) is -4.57. The molecule has 0 spiro atoms. The largest absolute Gasteiger partial charge is 0.417 e. The lowest BCUT2D eigenvalue weighted by atomic mass is 9.83. The van der Waals surface area contributed by atoms with Crippen LogP contribution >= 0.6 is 0 Å². The average molecular weight is 575 g/mol. The maximum absolute atomic E-state index is 13.7. The first-order valence-electron chi connectivity index (χ1n) is 13.7. The number of nitrogens with one attached hydrogen (secondary N) is 2. The monoisotopic (exact) mass is 574 g/mol. The molecule has 9 heteroatoms. The van der Waals surface area contributed by atoms with Crippen molar-refractivity contribution >= 4 is 10.0 Å². The summed E-state index contributed by atoms with van der Waals surface area (Å²) in [5, 5.41) is 3.42. The number of hydrogen-bond acceptors (Lipinski definition) is 4. The minimum Gasteiger partial charge on any atom is -0.380 e. The first-order valence-corrected chi connectivity index (χ1v) is 15.2. The van der Waals surface area contributed by atoms with Crippen molar-refractivity contribution in [1.29, 1.82) is 0 Å². The van der Waals surface area contributed by atoms with E-state index >= 15 is 0 Å². The third-order valence-corrected chi connectivity index (χ3v) is 9.01. The van der Waals surface area contributed by atoms with Crippen LogP contribution < -0.4 is 10.0 Å². The molecule has 216 valence electrons. The van der Waals surface area contributed by atoms with E-state index in [-0.39, 0.29) is 0 Å². The number of sulfonamides is 1. The van der Waals surface area contributed by atoms with Crippen LogP contribution in [0.2, 0.25) is 0 Å². The molecule has 1 aliphatic carbocycles. The topological polar surface area (TPSA) is 67.4 Å². The molecule has 1 saturated carbocycles. The van der Waals surface area contributed by atoms with Gasteiger partial charge >= 0.3 is 6.18 Å². The number of halogens is 3. The fraction of sp³-hybridized carbons (Fsp3) is 0.419. The van der Waals surface area contributed by atoms with Gasteiger partial charge in [0.15, 0.2) is 0 Å². The Balaban J connectivity index is 1.57. The van der Waals surface area contributed by atoms with Gasteiger partial charge in [-0.15, -0.1) is 0 Å². The molecular weight excluding hydrogens is 537 g/mol. The molecule has 3 aromatic carbocycles. The molecule has 0 aromatic heterocycles. The highest BCUT2D eigenvalue weighted by molar-refractivity contribution is 7.89. The summed E-state index contributed by atoms with van der Waals surface area (Å²) >= 11 is 0. The Kier molecular flexibility index (Phi) is 10.4. The summed E-state index contributed by atoms with van der Waals surface area (Å²) in [5.74, 6) is 1.32. The van der Waals surface area contributed by atoms with Crippen molar-refractivity contribution in [1.82, 2.24) is 10.0 Å². The Morgan fingerprint density at radius 2 is 1.38 bits per heavy atom. The second-order valence-corrected chi connectivity index (χ2v) is 12.2. The molecule has 0 radical (unpaired) electrons. The van der Waals surface area contributed by atoms with E-state index in [1.54, 1.807) is 30.3 Å². The molecule has 0 heterocycles. The van der Waals surface area contributed by atoms with Gasteiger partial charge in [0, 0.05) is 13.2 Å². The zero-order valence-electron chi connectivity index (χ0n) is 22.6. The van der Waals surface area contributed by atoms with Crippen molar-refractivity contribution in [2.75, 3.05) is 19.8 Å². The predicted octanol–water partition coefficient (Wildman–Crippen LogP) is 6.90. The molecule has 1 aliphatic rings. The van der Waals surface area contributed by atoms with Crippen molar-refractivity contribution in [2.45, 2.75) is 55.8 Å². The number of benzene rings is 3. The smallest absolute Gasteiger partial charge is 0.380 e. The molecule has 2 N–H and O–H groups in total. The average Bonchev–Trinajstić information content (AvgIpc) is 2.95. The zero-order valence-corrected chi connectivity index (χ0v) is 23.4. The van der Waals surface area contributed by atoms with Gasteiger partial charge in [-0.3, -0.25) is 0 Å². The van der Waals surface area contributed by atoms with Crippen molar-refractivity contribution in [3.63, 3.8) is 0 Å². The van der Waals surface area contributed by atoms with Gasteiger partial charge in [-0.1, -0.05) is 92.6 Å². The van der Waals surface area contributed by atoms with Crippen molar-refractivity contribution in [3.8, 4) is 0 Å². The molecule has 0 unspecified atom stereocenters. The molecule has 0 aliphatic heterocycles. The summed E-state index contributed by atoms with van der Waals surface area (Å²) in [4.78, 5) is -0.805. The molecule has 2 atom stereocenters. The minimum absolute atomic E-state index is 0.431. The molecule has 0 bridgehead atoms. The van der Waals surface area contributed by atoms with Crippen LogP contribution in [-0.2, 0) is 20.9 Å². The van der Waals surface area contributed by atoms with E-state index in [1.165, 1.54) is 37.8 Å². The fourth-order valence-corrected chi connectivity index (χ4v) is 6.74. The van der Waals surface area contributed by atoms with Gasteiger partial charge in [-0.2, -0.15) is 13.2 Å². The second-order valence-electron chi connectivity index (χ2n) is 10.5. The first kappa shape index (κ1) is 30.2. The Bertz CT molecular complexity index is 1300. The molecule has 4 rings (SSSR count). The summed E-state index contributed by atoms with van der Waals surface area (Å²) in [5.41, 5.74) is 0.211. The highest BCUT2D eigenvalue weighted by Gasteiger charge is 2.38. The van der Waals surface area contributed by atoms with Gasteiger partial charge in [0.25, 0.3) is 0 Å². The van der Waals surface area contributed by atoms with Crippen LogP contribution in [0.25, 0.3) is 0 Å². The highest BCUT2D eigenvalue weighted by atomic mass is 32.2. The summed E-state index contributed by atoms with van der Waals surface area (Å²) < 4.78 is 76.9. The Morgan fingerprint density at radius 1 is 0.825 bits per heavy atom. The summed E-state index contributed by atoms with van der Waals surface area (Å²) in [6.45, 7) is 3.84. The molecule has 0 amide bonds. The quantitative estimate of drug-likeness (QED) is 0.231. The summed E-state index contributed by atoms with van der Waals surface area (Å²) in [6, 6.07) is 20.9. The molecule has 40 heavy (non-hydrogen) atoms. The number of hydrogen-bond donors (Lipinski definition) is 2. The van der Waals surface area contributed by atoms with Gasteiger partial charge < -0.3 is 10.1 Å². The van der Waals surface area contributed by atoms with Crippen LogP contribution in [0.5, 0.6) is 0 Å². The Hall–Kier alpha value is -2.72. The maximum Gasteiger partial charge on any atom is 0.417 e. The first-order chi connectivity index (χ1) is 19.1. The third-order valence-electron chi connectivity index (χ3n) is 7.51. The maximum atomic E-state index is 13.7. The van der Waals surface area contributed by atoms with Crippen LogP contribution in [0.4, 0.5) is 13.2 Å². The predicted molar refractivity (Wildman–Crippen MR) is 150 cm³/mol. The van der Waals surface area contributed by atoms with Gasteiger partial charge in [-0.05, 0) is 47.9 Å². The lowest BCUT2D eigenvalue weighted by molar-refractivity contribution is -0.139. The van der Waals surface area contributed by atoms with E-state index in [1.807, 2.05) is 30.3 Å². The number of ether oxygens (including phenoxy) is 1. The molecule has 5 nitrogen and oxygen atoms in total. The van der Waals surface area contributed by atoms with Gasteiger partial charge in [-0.25, -0.2) is 13.1 Å². The molecule has 0 saturated heterocycles. The van der Waals surface area contributed by atoms with Crippen molar-refractivity contribution in [3.05, 3.63) is 102 Å². The molecule has 3 aromatic rings. The molecular formula is C31H37F3N2O3S. The van der Waals surface area contributed by atoms with E-state index in [0.717, 1.165) is 23.6 Å². The standard InChI is InChI=1S/C31H37F3N2O3S/c1-23-16-18-24(19-17-23)22-39-21-20-35-29(25-10-4-2-5-11-25)30(26-12-6-3-7-13-26)36-40(37,38)28-15-9-8-14-27(28)31(32,33)34/h2-15,23-24,29-30,35-36H,16-22H2,1H3/t23?,24?,29-,30-/m1/s1. The minimum atomic E-state index is -4.82. The van der Waals surface area contributed by atoms with Crippen LogP contribution in [0.15, 0.2) is 89.8 Å². The van der Waals surface area contributed by atoms with E-state index in [4.69, 9.17) is 4.74 Å². The van der Waals surface area contributed by atoms with Crippen LogP contribution in [0.1, 0.15) is 61.4 Å². The third kappa shape index (κ3) is 8.16. The van der Waals surface area contributed by atoms with Gasteiger partial charge in [0.2, 0.25) is 10.0 Å². The normalized spacial score (nSPS) is 19.7. The van der Waals surface area contributed by atoms with Crippen LogP contribution in [0.3, 0.4) is 0 Å². The van der Waals surface area contributed by atoms with E-state index < -0.39 is 38.7 Å². The highest BCUT2D eigenvalue weighted by Crippen LogP contribution is 2.36.